The van der Waals surface area contributed by atoms with Gasteiger partial charge in [-0.25, -0.2) is 0 Å². The first kappa shape index (κ1) is 26.4. The number of nitrogens with one attached hydrogen (secondary N) is 1. The van der Waals surface area contributed by atoms with E-state index in [4.69, 9.17) is 44.3 Å². The first-order chi connectivity index (χ1) is 16.2. The monoisotopic (exact) mass is 642 g/mol. The molecular weight excluding hydrogens is 630 g/mol. The van der Waals surface area contributed by atoms with Gasteiger partial charge in [-0.3, -0.25) is 4.79 Å². The number of hydrogen-bond acceptors (Lipinski definition) is 4. The van der Waals surface area contributed by atoms with Crippen LogP contribution in [0.2, 0.25) is 15.1 Å². The number of ether oxygens (including phenoxy) is 2. The van der Waals surface area contributed by atoms with E-state index in [0.29, 0.717) is 46.8 Å². The maximum Gasteiger partial charge on any atom is 0.266 e. The number of rotatable bonds is 7. The van der Waals surface area contributed by atoms with Gasteiger partial charge in [0.25, 0.3) is 5.91 Å². The third-order valence-electron chi connectivity index (χ3n) is 4.51. The summed E-state index contributed by atoms with van der Waals surface area (Å²) in [6, 6.07) is 15.4. The van der Waals surface area contributed by atoms with Gasteiger partial charge < -0.3 is 14.8 Å². The van der Waals surface area contributed by atoms with Crippen LogP contribution in [0.5, 0.6) is 11.5 Å². The molecule has 0 aliphatic heterocycles. The molecule has 3 aromatic rings. The van der Waals surface area contributed by atoms with E-state index < -0.39 is 5.91 Å². The van der Waals surface area contributed by atoms with Crippen LogP contribution in [0.1, 0.15) is 11.1 Å². The largest absolute Gasteiger partial charge is 0.493 e. The lowest BCUT2D eigenvalue weighted by atomic mass is 10.1. The van der Waals surface area contributed by atoms with Gasteiger partial charge in [-0.05, 0) is 91.5 Å². The van der Waals surface area contributed by atoms with E-state index in [-0.39, 0.29) is 12.2 Å². The molecule has 0 radical (unpaired) electrons. The molecule has 0 aromatic heterocycles. The van der Waals surface area contributed by atoms with Crippen LogP contribution in [-0.2, 0) is 11.4 Å². The highest BCUT2D eigenvalue weighted by atomic mass is 79.9. The third kappa shape index (κ3) is 6.47. The Morgan fingerprint density at radius 3 is 2.38 bits per heavy atom. The number of carbonyl (C=O) groups excluding carboxylic acids is 1. The van der Waals surface area contributed by atoms with Crippen molar-refractivity contribution in [3.63, 3.8) is 0 Å². The lowest BCUT2D eigenvalue weighted by Gasteiger charge is -2.16. The van der Waals surface area contributed by atoms with Crippen molar-refractivity contribution in [1.29, 1.82) is 5.26 Å². The molecule has 0 spiro atoms. The summed E-state index contributed by atoms with van der Waals surface area (Å²) in [6.07, 6.45) is 1.45. The van der Waals surface area contributed by atoms with Gasteiger partial charge in [-0.2, -0.15) is 5.26 Å². The second-order valence-electron chi connectivity index (χ2n) is 6.79. The number of carbonyl (C=O) groups is 1. The van der Waals surface area contributed by atoms with E-state index in [1.165, 1.54) is 13.2 Å². The van der Waals surface area contributed by atoms with E-state index >= 15 is 0 Å². The Kier molecular flexibility index (Phi) is 9.29. The summed E-state index contributed by atoms with van der Waals surface area (Å²) >= 11 is 24.9. The van der Waals surface area contributed by atoms with Crippen molar-refractivity contribution >= 4 is 84.3 Å². The minimum Gasteiger partial charge on any atom is -0.493 e. The molecule has 3 rings (SSSR count). The van der Waals surface area contributed by atoms with Gasteiger partial charge in [0.05, 0.1) is 21.6 Å². The summed E-state index contributed by atoms with van der Waals surface area (Å²) in [5, 5.41) is 13.7. The molecule has 0 atom stereocenters. The predicted molar refractivity (Wildman–Crippen MR) is 143 cm³/mol. The number of nitriles is 1. The first-order valence-corrected chi connectivity index (χ1v) is 12.3. The molecule has 0 unspecified atom stereocenters. The highest BCUT2D eigenvalue weighted by Gasteiger charge is 2.19. The second kappa shape index (κ2) is 12.0. The van der Waals surface area contributed by atoms with E-state index in [1.54, 1.807) is 48.5 Å². The molecule has 174 valence electrons. The Hall–Kier alpha value is -2.21. The molecule has 0 heterocycles. The van der Waals surface area contributed by atoms with Crippen molar-refractivity contribution in [2.45, 2.75) is 6.61 Å². The van der Waals surface area contributed by atoms with E-state index in [0.717, 1.165) is 5.56 Å². The average Bonchev–Trinajstić information content (AvgIpc) is 2.82. The standard InChI is InChI=1S/C24H15Br2Cl3N2O3/c1-33-20-10-14(9-15(11-30)24(32)31-17-5-3-16(27)4-6-17)21(25)22(26)23(20)34-12-13-2-7-18(28)19(29)8-13/h2-10H,12H2,1H3,(H,31,32)/b15-9-. The molecule has 0 saturated heterocycles. The summed E-state index contributed by atoms with van der Waals surface area (Å²) in [6.45, 7) is 0.209. The average molecular weight is 646 g/mol. The molecule has 1 N–H and O–H groups in total. The number of amides is 1. The van der Waals surface area contributed by atoms with Crippen LogP contribution in [-0.4, -0.2) is 13.0 Å². The van der Waals surface area contributed by atoms with Crippen LogP contribution in [0, 0.1) is 11.3 Å². The second-order valence-corrected chi connectivity index (χ2v) is 9.63. The van der Waals surface area contributed by atoms with Crippen LogP contribution >= 0.6 is 66.7 Å². The Balaban J connectivity index is 1.87. The van der Waals surface area contributed by atoms with Crippen LogP contribution in [0.4, 0.5) is 5.69 Å². The molecular formula is C24H15Br2Cl3N2O3. The van der Waals surface area contributed by atoms with Crippen LogP contribution < -0.4 is 14.8 Å². The topological polar surface area (TPSA) is 71.3 Å². The number of anilines is 1. The molecule has 0 bridgehead atoms. The molecule has 3 aromatic carbocycles. The molecule has 0 fully saturated rings. The minimum atomic E-state index is -0.563. The Morgan fingerprint density at radius 1 is 1.06 bits per heavy atom. The van der Waals surface area contributed by atoms with Gasteiger partial charge in [0.2, 0.25) is 0 Å². The Morgan fingerprint density at radius 2 is 1.76 bits per heavy atom. The van der Waals surface area contributed by atoms with Crippen molar-refractivity contribution in [3.05, 3.63) is 89.2 Å². The molecule has 5 nitrogen and oxygen atoms in total. The quantitative estimate of drug-likeness (QED) is 0.207. The van der Waals surface area contributed by atoms with Crippen molar-refractivity contribution in [2.75, 3.05) is 12.4 Å². The molecule has 0 aliphatic carbocycles. The van der Waals surface area contributed by atoms with Gasteiger partial charge in [-0.15, -0.1) is 0 Å². The van der Waals surface area contributed by atoms with E-state index in [2.05, 4.69) is 37.2 Å². The fraction of sp³-hybridized carbons (Fsp3) is 0.0833. The first-order valence-electron chi connectivity index (χ1n) is 9.55. The lowest BCUT2D eigenvalue weighted by molar-refractivity contribution is -0.112. The van der Waals surface area contributed by atoms with Crippen LogP contribution in [0.15, 0.2) is 63.0 Å². The van der Waals surface area contributed by atoms with Crippen LogP contribution in [0.3, 0.4) is 0 Å². The molecule has 1 amide bonds. The number of methoxy groups -OCH3 is 1. The maximum atomic E-state index is 12.6. The van der Waals surface area contributed by atoms with Crippen LogP contribution in [0.25, 0.3) is 6.08 Å². The molecule has 0 saturated carbocycles. The Labute approximate surface area is 228 Å². The van der Waals surface area contributed by atoms with Gasteiger partial charge >= 0.3 is 0 Å². The fourth-order valence-corrected chi connectivity index (χ4v) is 4.21. The third-order valence-corrected chi connectivity index (χ3v) is 7.64. The SMILES string of the molecule is COc1cc(/C=C(/C#N)C(=O)Nc2ccc(Cl)cc2)c(Br)c(Br)c1OCc1ccc(Cl)c(Cl)c1. The maximum absolute atomic E-state index is 12.6. The van der Waals surface area contributed by atoms with E-state index in [9.17, 15) is 10.1 Å². The van der Waals surface area contributed by atoms with Gasteiger partial charge in [0.1, 0.15) is 18.2 Å². The smallest absolute Gasteiger partial charge is 0.266 e. The van der Waals surface area contributed by atoms with Crippen molar-refractivity contribution in [3.8, 4) is 17.6 Å². The summed E-state index contributed by atoms with van der Waals surface area (Å²) in [5.74, 6) is 0.269. The van der Waals surface area contributed by atoms with Crippen molar-refractivity contribution < 1.29 is 14.3 Å². The summed E-state index contributed by atoms with van der Waals surface area (Å²) in [5.41, 5.74) is 1.76. The zero-order chi connectivity index (χ0) is 24.8. The number of benzene rings is 3. The number of hydrogen-bond donors (Lipinski definition) is 1. The van der Waals surface area contributed by atoms with Gasteiger partial charge in [0, 0.05) is 15.2 Å². The minimum absolute atomic E-state index is 0.103. The molecule has 0 aliphatic rings. The summed E-state index contributed by atoms with van der Waals surface area (Å²) in [4.78, 5) is 12.6. The highest BCUT2D eigenvalue weighted by molar-refractivity contribution is 9.13. The van der Waals surface area contributed by atoms with Gasteiger partial charge in [-0.1, -0.05) is 40.9 Å². The molecule has 34 heavy (non-hydrogen) atoms. The van der Waals surface area contributed by atoms with Gasteiger partial charge in [0.15, 0.2) is 11.5 Å². The van der Waals surface area contributed by atoms with E-state index in [1.807, 2.05) is 6.07 Å². The van der Waals surface area contributed by atoms with Crippen molar-refractivity contribution in [2.24, 2.45) is 0 Å². The zero-order valence-corrected chi connectivity index (χ0v) is 22.9. The fourth-order valence-electron chi connectivity index (χ4n) is 2.82. The highest BCUT2D eigenvalue weighted by Crippen LogP contribution is 2.44. The summed E-state index contributed by atoms with van der Waals surface area (Å²) in [7, 11) is 1.49. The number of nitrogens with zero attached hydrogens (tertiary/aromatic N) is 1. The Bertz CT molecular complexity index is 1310. The molecule has 10 heteroatoms. The number of halogens is 5. The lowest BCUT2D eigenvalue weighted by Crippen LogP contribution is -2.13. The summed E-state index contributed by atoms with van der Waals surface area (Å²) < 4.78 is 12.6. The normalized spacial score (nSPS) is 11.0. The van der Waals surface area contributed by atoms with Crippen molar-refractivity contribution in [1.82, 2.24) is 0 Å². The predicted octanol–water partition coefficient (Wildman–Crippen LogP) is 8.31. The zero-order valence-electron chi connectivity index (χ0n) is 17.5.